The third-order valence-electron chi connectivity index (χ3n) is 2.72. The summed E-state index contributed by atoms with van der Waals surface area (Å²) in [4.78, 5) is 4.54. The van der Waals surface area contributed by atoms with Crippen LogP contribution in [0.5, 0.6) is 0 Å². The summed E-state index contributed by atoms with van der Waals surface area (Å²) in [6.45, 7) is 11.4. The van der Waals surface area contributed by atoms with Crippen LogP contribution in [0.1, 0.15) is 19.4 Å². The highest BCUT2D eigenvalue weighted by Gasteiger charge is 2.19. The fourth-order valence-electron chi connectivity index (χ4n) is 1.51. The highest BCUT2D eigenvalue weighted by Crippen LogP contribution is 2.12. The van der Waals surface area contributed by atoms with Crippen LogP contribution in [0.25, 0.3) is 0 Å². The molecule has 0 fully saturated rings. The van der Waals surface area contributed by atoms with Crippen molar-refractivity contribution in [3.8, 4) is 0 Å². The van der Waals surface area contributed by atoms with Gasteiger partial charge in [-0.05, 0) is 43.3 Å². The lowest BCUT2D eigenvalue weighted by molar-refractivity contribution is 0.255. The zero-order valence-corrected chi connectivity index (χ0v) is 13.5. The molecule has 0 saturated heterocycles. The van der Waals surface area contributed by atoms with Gasteiger partial charge in [0.25, 0.3) is 0 Å². The Morgan fingerprint density at radius 3 is 2.53 bits per heavy atom. The number of rotatable bonds is 6. The van der Waals surface area contributed by atoms with E-state index in [-0.39, 0.29) is 11.9 Å². The summed E-state index contributed by atoms with van der Waals surface area (Å²) in [7, 11) is -1.52. The van der Waals surface area contributed by atoms with E-state index in [1.807, 2.05) is 6.07 Å². The van der Waals surface area contributed by atoms with Gasteiger partial charge in [0.2, 0.25) is 0 Å². The van der Waals surface area contributed by atoms with Gasteiger partial charge >= 0.3 is 0 Å². The topological polar surface area (TPSA) is 21.6 Å². The number of aliphatic imine (C=N–C) groups is 1. The van der Waals surface area contributed by atoms with Crippen LogP contribution < -0.4 is 0 Å². The van der Waals surface area contributed by atoms with E-state index in [2.05, 4.69) is 38.5 Å². The van der Waals surface area contributed by atoms with Crippen molar-refractivity contribution in [2.24, 2.45) is 10.9 Å². The quantitative estimate of drug-likeness (QED) is 0.568. The van der Waals surface area contributed by atoms with Gasteiger partial charge < -0.3 is 4.43 Å². The molecule has 0 amide bonds. The highest BCUT2D eigenvalue weighted by atomic mass is 28.4. The standard InChI is InChI=1S/C15H24FNOSi/c1-12(2)15(11-18-19(3,4)5)17-10-13-7-6-8-14(16)9-13/h6-10,12,15H,11H2,1-5H3/t15-/m0/s1. The molecular weight excluding hydrogens is 257 g/mol. The Kier molecular flexibility index (Phi) is 5.88. The number of hydrogen-bond acceptors (Lipinski definition) is 2. The molecule has 0 aliphatic heterocycles. The zero-order chi connectivity index (χ0) is 14.5. The Labute approximate surface area is 116 Å². The summed E-state index contributed by atoms with van der Waals surface area (Å²) in [5.74, 6) is 0.171. The fourth-order valence-corrected chi connectivity index (χ4v) is 2.18. The largest absolute Gasteiger partial charge is 0.415 e. The zero-order valence-electron chi connectivity index (χ0n) is 12.5. The maximum absolute atomic E-state index is 13.1. The molecule has 2 nitrogen and oxygen atoms in total. The van der Waals surface area contributed by atoms with Gasteiger partial charge in [0.15, 0.2) is 8.32 Å². The minimum absolute atomic E-state index is 0.120. The summed E-state index contributed by atoms with van der Waals surface area (Å²) in [5, 5.41) is 0. The Bertz CT molecular complexity index is 426. The SMILES string of the molecule is CC(C)[C@H](CO[Si](C)(C)C)N=Cc1cccc(F)c1. The number of hydrogen-bond donors (Lipinski definition) is 0. The smallest absolute Gasteiger partial charge is 0.183 e. The molecule has 4 heteroatoms. The monoisotopic (exact) mass is 281 g/mol. The molecule has 0 spiro atoms. The average Bonchev–Trinajstić information content (AvgIpc) is 2.27. The maximum atomic E-state index is 13.1. The summed E-state index contributed by atoms with van der Waals surface area (Å²) >= 11 is 0. The first-order valence-corrected chi connectivity index (χ1v) is 10.1. The van der Waals surface area contributed by atoms with Crippen molar-refractivity contribution in [3.63, 3.8) is 0 Å². The van der Waals surface area contributed by atoms with Gasteiger partial charge in [-0.15, -0.1) is 0 Å². The first-order valence-electron chi connectivity index (χ1n) is 6.70. The third-order valence-corrected chi connectivity index (χ3v) is 3.75. The van der Waals surface area contributed by atoms with Crippen LogP contribution in [0.15, 0.2) is 29.3 Å². The average molecular weight is 281 g/mol. The molecule has 106 valence electrons. The predicted octanol–water partition coefficient (Wildman–Crippen LogP) is 4.12. The van der Waals surface area contributed by atoms with Crippen LogP contribution in [0.4, 0.5) is 4.39 Å². The van der Waals surface area contributed by atoms with Crippen LogP contribution in [-0.4, -0.2) is 27.2 Å². The molecule has 1 atom stereocenters. The van der Waals surface area contributed by atoms with E-state index in [1.165, 1.54) is 12.1 Å². The van der Waals surface area contributed by atoms with Crippen LogP contribution in [0.3, 0.4) is 0 Å². The van der Waals surface area contributed by atoms with Crippen molar-refractivity contribution in [3.05, 3.63) is 35.6 Å². The van der Waals surface area contributed by atoms with Crippen LogP contribution >= 0.6 is 0 Å². The van der Waals surface area contributed by atoms with E-state index in [4.69, 9.17) is 4.43 Å². The first kappa shape index (κ1) is 16.1. The molecule has 0 bridgehead atoms. The van der Waals surface area contributed by atoms with Crippen molar-refractivity contribution in [1.29, 1.82) is 0 Å². The maximum Gasteiger partial charge on any atom is 0.183 e. The minimum Gasteiger partial charge on any atom is -0.415 e. The fraction of sp³-hybridized carbons (Fsp3) is 0.533. The molecule has 0 saturated carbocycles. The second-order valence-electron chi connectivity index (χ2n) is 6.07. The summed E-state index contributed by atoms with van der Waals surface area (Å²) < 4.78 is 19.0. The second-order valence-corrected chi connectivity index (χ2v) is 10.6. The molecular formula is C15H24FNOSi. The van der Waals surface area contributed by atoms with Gasteiger partial charge in [0.05, 0.1) is 12.6 Å². The molecule has 0 unspecified atom stereocenters. The van der Waals surface area contributed by atoms with Crippen molar-refractivity contribution in [2.45, 2.75) is 39.5 Å². The summed E-state index contributed by atoms with van der Waals surface area (Å²) in [6, 6.07) is 6.59. The van der Waals surface area contributed by atoms with Crippen molar-refractivity contribution in [1.82, 2.24) is 0 Å². The third kappa shape index (κ3) is 6.64. The Morgan fingerprint density at radius 2 is 2.00 bits per heavy atom. The lowest BCUT2D eigenvalue weighted by Crippen LogP contribution is -2.31. The number of benzene rings is 1. The minimum atomic E-state index is -1.52. The summed E-state index contributed by atoms with van der Waals surface area (Å²) in [6.07, 6.45) is 1.74. The van der Waals surface area contributed by atoms with Crippen molar-refractivity contribution in [2.75, 3.05) is 6.61 Å². The highest BCUT2D eigenvalue weighted by molar-refractivity contribution is 6.69. The van der Waals surface area contributed by atoms with Gasteiger partial charge in [-0.2, -0.15) is 0 Å². The van der Waals surface area contributed by atoms with E-state index in [1.54, 1.807) is 12.3 Å². The van der Waals surface area contributed by atoms with E-state index in [0.29, 0.717) is 12.5 Å². The molecule has 0 radical (unpaired) electrons. The molecule has 0 N–H and O–H groups in total. The van der Waals surface area contributed by atoms with Crippen molar-refractivity contribution >= 4 is 14.5 Å². The van der Waals surface area contributed by atoms with Gasteiger partial charge in [-0.3, -0.25) is 4.99 Å². The van der Waals surface area contributed by atoms with Gasteiger partial charge in [-0.1, -0.05) is 26.0 Å². The Hall–Kier alpha value is -1.00. The van der Waals surface area contributed by atoms with Crippen LogP contribution in [-0.2, 0) is 4.43 Å². The second kappa shape index (κ2) is 6.96. The normalized spacial score (nSPS) is 14.3. The molecule has 0 heterocycles. The van der Waals surface area contributed by atoms with E-state index >= 15 is 0 Å². The van der Waals surface area contributed by atoms with Crippen molar-refractivity contribution < 1.29 is 8.82 Å². The van der Waals surface area contributed by atoms with Gasteiger partial charge in [0.1, 0.15) is 5.82 Å². The van der Waals surface area contributed by atoms with Crippen LogP contribution in [0.2, 0.25) is 19.6 Å². The van der Waals surface area contributed by atoms with Gasteiger partial charge in [-0.25, -0.2) is 4.39 Å². The predicted molar refractivity (Wildman–Crippen MR) is 81.9 cm³/mol. The van der Waals surface area contributed by atoms with E-state index in [0.717, 1.165) is 5.56 Å². The Balaban J connectivity index is 2.68. The summed E-state index contributed by atoms with van der Waals surface area (Å²) in [5.41, 5.74) is 0.790. The molecule has 0 aliphatic carbocycles. The van der Waals surface area contributed by atoms with Crippen LogP contribution in [0, 0.1) is 11.7 Å². The first-order chi connectivity index (χ1) is 8.78. The van der Waals surface area contributed by atoms with E-state index in [9.17, 15) is 4.39 Å². The molecule has 0 aromatic heterocycles. The molecule has 0 aliphatic rings. The molecule has 1 aromatic rings. The van der Waals surface area contributed by atoms with E-state index < -0.39 is 8.32 Å². The van der Waals surface area contributed by atoms with Gasteiger partial charge in [0, 0.05) is 6.21 Å². The molecule has 1 rings (SSSR count). The molecule has 19 heavy (non-hydrogen) atoms. The molecule has 1 aromatic carbocycles. The number of halogens is 1. The number of nitrogens with zero attached hydrogens (tertiary/aromatic N) is 1. The Morgan fingerprint density at radius 1 is 1.32 bits per heavy atom. The lowest BCUT2D eigenvalue weighted by atomic mass is 10.1. The lowest BCUT2D eigenvalue weighted by Gasteiger charge is -2.23.